The number of ether oxygens (including phenoxy) is 1. The maximum Gasteiger partial charge on any atom is 0.337 e. The van der Waals surface area contributed by atoms with E-state index in [1.54, 1.807) is 12.1 Å². The summed E-state index contributed by atoms with van der Waals surface area (Å²) in [6.45, 7) is 0.632. The molecule has 17 heavy (non-hydrogen) atoms. The van der Waals surface area contributed by atoms with Crippen LogP contribution < -0.4 is 10.5 Å². The highest BCUT2D eigenvalue weighted by Gasteiger charge is 2.17. The molecule has 92 valence electrons. The minimum absolute atomic E-state index is 0.105. The molecule has 3 N–H and O–H groups in total. The first-order chi connectivity index (χ1) is 8.18. The summed E-state index contributed by atoms with van der Waals surface area (Å²) in [5.41, 5.74) is 6.09. The van der Waals surface area contributed by atoms with Gasteiger partial charge in [0.05, 0.1) is 17.9 Å². The number of carbonyl (C=O) groups is 1. The maximum atomic E-state index is 10.9. The Hall–Kier alpha value is -1.71. The van der Waals surface area contributed by atoms with Crippen molar-refractivity contribution >= 4 is 11.7 Å². The third kappa shape index (κ3) is 2.70. The van der Waals surface area contributed by atoms with Gasteiger partial charge in [-0.3, -0.25) is 0 Å². The highest BCUT2D eigenvalue weighted by molar-refractivity contribution is 5.95. The van der Waals surface area contributed by atoms with E-state index in [0.717, 1.165) is 0 Å². The summed E-state index contributed by atoms with van der Waals surface area (Å²) in [4.78, 5) is 10.9. The molecule has 0 radical (unpaired) electrons. The van der Waals surface area contributed by atoms with Gasteiger partial charge in [-0.25, -0.2) is 4.79 Å². The first-order valence-corrected chi connectivity index (χ1v) is 5.93. The Labute approximate surface area is 100 Å². The molecule has 2 rings (SSSR count). The fourth-order valence-electron chi connectivity index (χ4n) is 2.24. The number of anilines is 1. The molecule has 1 saturated carbocycles. The zero-order chi connectivity index (χ0) is 12.3. The molecule has 0 spiro atoms. The van der Waals surface area contributed by atoms with Gasteiger partial charge in [0.15, 0.2) is 0 Å². The van der Waals surface area contributed by atoms with Crippen molar-refractivity contribution in [1.82, 2.24) is 0 Å². The van der Waals surface area contributed by atoms with E-state index < -0.39 is 5.97 Å². The minimum atomic E-state index is -1.02. The second-order valence-corrected chi connectivity index (χ2v) is 4.48. The van der Waals surface area contributed by atoms with E-state index in [9.17, 15) is 4.79 Å². The number of aromatic carboxylic acids is 1. The zero-order valence-electron chi connectivity index (χ0n) is 9.69. The van der Waals surface area contributed by atoms with Crippen molar-refractivity contribution in [3.05, 3.63) is 23.8 Å². The van der Waals surface area contributed by atoms with Crippen LogP contribution in [0.4, 0.5) is 5.69 Å². The van der Waals surface area contributed by atoms with Crippen molar-refractivity contribution in [3.63, 3.8) is 0 Å². The molecule has 4 nitrogen and oxygen atoms in total. The summed E-state index contributed by atoms with van der Waals surface area (Å²) >= 11 is 0. The van der Waals surface area contributed by atoms with Crippen LogP contribution in [0.15, 0.2) is 18.2 Å². The second-order valence-electron chi connectivity index (χ2n) is 4.48. The lowest BCUT2D eigenvalue weighted by atomic mass is 10.1. The smallest absolute Gasteiger partial charge is 0.337 e. The number of benzene rings is 1. The molecule has 1 aliphatic carbocycles. The van der Waals surface area contributed by atoms with Crippen molar-refractivity contribution < 1.29 is 14.6 Å². The third-order valence-corrected chi connectivity index (χ3v) is 3.25. The van der Waals surface area contributed by atoms with E-state index in [1.165, 1.54) is 31.7 Å². The average molecular weight is 235 g/mol. The van der Waals surface area contributed by atoms with E-state index in [1.807, 2.05) is 0 Å². The predicted molar refractivity (Wildman–Crippen MR) is 65.3 cm³/mol. The van der Waals surface area contributed by atoms with Crippen LogP contribution in [0.1, 0.15) is 36.0 Å². The number of rotatable bonds is 4. The summed E-state index contributed by atoms with van der Waals surface area (Å²) in [6.07, 6.45) is 4.91. The highest BCUT2D eigenvalue weighted by Crippen LogP contribution is 2.29. The van der Waals surface area contributed by atoms with Gasteiger partial charge in [0.2, 0.25) is 0 Å². The van der Waals surface area contributed by atoms with Crippen molar-refractivity contribution in [3.8, 4) is 5.75 Å². The normalized spacial score (nSPS) is 16.0. The molecule has 0 aliphatic heterocycles. The molecule has 0 atom stereocenters. The van der Waals surface area contributed by atoms with Crippen LogP contribution in [-0.2, 0) is 0 Å². The zero-order valence-corrected chi connectivity index (χ0v) is 9.69. The molecule has 0 aromatic heterocycles. The number of hydrogen-bond donors (Lipinski definition) is 2. The predicted octanol–water partition coefficient (Wildman–Crippen LogP) is 2.54. The monoisotopic (exact) mass is 235 g/mol. The summed E-state index contributed by atoms with van der Waals surface area (Å²) in [6, 6.07) is 4.86. The molecule has 1 aromatic rings. The number of hydrogen-bond acceptors (Lipinski definition) is 3. The first-order valence-electron chi connectivity index (χ1n) is 5.93. The van der Waals surface area contributed by atoms with Crippen LogP contribution in [0.25, 0.3) is 0 Å². The Morgan fingerprint density at radius 3 is 2.76 bits per heavy atom. The number of carboxylic acids is 1. The van der Waals surface area contributed by atoms with Crippen LogP contribution >= 0.6 is 0 Å². The van der Waals surface area contributed by atoms with Gasteiger partial charge in [0, 0.05) is 0 Å². The Bertz CT molecular complexity index is 411. The van der Waals surface area contributed by atoms with Crippen LogP contribution in [-0.4, -0.2) is 17.7 Å². The van der Waals surface area contributed by atoms with E-state index >= 15 is 0 Å². The van der Waals surface area contributed by atoms with Gasteiger partial charge in [-0.05, 0) is 30.9 Å². The Morgan fingerprint density at radius 2 is 2.12 bits per heavy atom. The molecule has 0 saturated heterocycles. The van der Waals surface area contributed by atoms with Crippen molar-refractivity contribution in [2.24, 2.45) is 5.92 Å². The summed E-state index contributed by atoms with van der Waals surface area (Å²) in [7, 11) is 0. The molecule has 0 heterocycles. The summed E-state index contributed by atoms with van der Waals surface area (Å²) in [5.74, 6) is 0.0495. The Kier molecular flexibility index (Phi) is 3.52. The Morgan fingerprint density at radius 1 is 1.41 bits per heavy atom. The Balaban J connectivity index is 2.04. The maximum absolute atomic E-state index is 10.9. The van der Waals surface area contributed by atoms with E-state index in [-0.39, 0.29) is 11.3 Å². The molecular weight excluding hydrogens is 218 g/mol. The van der Waals surface area contributed by atoms with Crippen molar-refractivity contribution in [2.45, 2.75) is 25.7 Å². The lowest BCUT2D eigenvalue weighted by Gasteiger charge is -2.13. The van der Waals surface area contributed by atoms with Gasteiger partial charge in [-0.15, -0.1) is 0 Å². The van der Waals surface area contributed by atoms with Crippen LogP contribution in [0.3, 0.4) is 0 Å². The fourth-order valence-corrected chi connectivity index (χ4v) is 2.24. The number of nitrogens with two attached hydrogens (primary N) is 1. The molecule has 1 aliphatic rings. The standard InChI is InChI=1S/C13H17NO3/c14-12-10(13(15)16)6-3-7-11(12)17-8-9-4-1-2-5-9/h3,6-7,9H,1-2,4-5,8,14H2,(H,15,16). The number of nitrogen functional groups attached to an aromatic ring is 1. The average Bonchev–Trinajstić information content (AvgIpc) is 2.80. The largest absolute Gasteiger partial charge is 0.491 e. The van der Waals surface area contributed by atoms with Gasteiger partial charge in [-0.1, -0.05) is 18.9 Å². The second kappa shape index (κ2) is 5.08. The topological polar surface area (TPSA) is 72.5 Å². The third-order valence-electron chi connectivity index (χ3n) is 3.25. The van der Waals surface area contributed by atoms with Gasteiger partial charge in [-0.2, -0.15) is 0 Å². The van der Waals surface area contributed by atoms with Gasteiger partial charge in [0.25, 0.3) is 0 Å². The molecule has 0 unspecified atom stereocenters. The molecule has 4 heteroatoms. The van der Waals surface area contributed by atoms with Crippen LogP contribution in [0.2, 0.25) is 0 Å². The highest BCUT2D eigenvalue weighted by atomic mass is 16.5. The van der Waals surface area contributed by atoms with Crippen molar-refractivity contribution in [2.75, 3.05) is 12.3 Å². The van der Waals surface area contributed by atoms with Crippen LogP contribution in [0.5, 0.6) is 5.75 Å². The van der Waals surface area contributed by atoms with E-state index in [4.69, 9.17) is 15.6 Å². The summed E-state index contributed by atoms with van der Waals surface area (Å²) < 4.78 is 5.62. The molecule has 0 bridgehead atoms. The van der Waals surface area contributed by atoms with Crippen LogP contribution in [0, 0.1) is 5.92 Å². The lowest BCUT2D eigenvalue weighted by Crippen LogP contribution is -2.11. The minimum Gasteiger partial charge on any atom is -0.491 e. The van der Waals surface area contributed by atoms with Crippen molar-refractivity contribution in [1.29, 1.82) is 0 Å². The quantitative estimate of drug-likeness (QED) is 0.786. The molecule has 1 fully saturated rings. The summed E-state index contributed by atoms with van der Waals surface area (Å²) in [5, 5.41) is 8.93. The van der Waals surface area contributed by atoms with E-state index in [2.05, 4.69) is 0 Å². The lowest BCUT2D eigenvalue weighted by molar-refractivity contribution is 0.0697. The number of carboxylic acid groups (broad SMARTS) is 1. The molecule has 1 aromatic carbocycles. The van der Waals surface area contributed by atoms with Gasteiger partial charge in [0.1, 0.15) is 5.75 Å². The molecular formula is C13H17NO3. The molecule has 0 amide bonds. The van der Waals surface area contributed by atoms with Gasteiger partial charge >= 0.3 is 5.97 Å². The SMILES string of the molecule is Nc1c(OCC2CCCC2)cccc1C(=O)O. The number of para-hydroxylation sites is 1. The van der Waals surface area contributed by atoms with E-state index in [0.29, 0.717) is 18.3 Å². The first kappa shape index (κ1) is 11.8. The van der Waals surface area contributed by atoms with Gasteiger partial charge < -0.3 is 15.6 Å². The fraction of sp³-hybridized carbons (Fsp3) is 0.462.